The summed E-state index contributed by atoms with van der Waals surface area (Å²) in [7, 11) is 1.86. The predicted molar refractivity (Wildman–Crippen MR) is 111 cm³/mol. The average molecular weight is 418 g/mol. The maximum atomic E-state index is 12.6. The van der Waals surface area contributed by atoms with E-state index in [1.54, 1.807) is 12.1 Å². The molecule has 1 aliphatic heterocycles. The quantitative estimate of drug-likeness (QED) is 0.692. The normalized spacial score (nSPS) is 15.4. The van der Waals surface area contributed by atoms with E-state index in [0.29, 0.717) is 48.6 Å². The molecule has 1 aromatic carbocycles. The summed E-state index contributed by atoms with van der Waals surface area (Å²) in [5, 5.41) is 12.3. The fraction of sp³-hybridized carbons (Fsp3) is 0.500. The molecule has 2 aromatic rings. The van der Waals surface area contributed by atoms with E-state index in [9.17, 15) is 9.59 Å². The molecule has 3 rings (SSSR count). The maximum absolute atomic E-state index is 12.6. The number of thioether (sulfide) groups is 1. The predicted octanol–water partition coefficient (Wildman–Crippen LogP) is 1.89. The van der Waals surface area contributed by atoms with Gasteiger partial charge in [0, 0.05) is 25.7 Å². The van der Waals surface area contributed by atoms with Gasteiger partial charge in [-0.3, -0.25) is 9.59 Å². The van der Waals surface area contributed by atoms with E-state index in [1.807, 2.05) is 48.6 Å². The van der Waals surface area contributed by atoms with Crippen LogP contribution < -0.4 is 5.32 Å². The Hall–Kier alpha value is -2.39. The van der Waals surface area contributed by atoms with Crippen molar-refractivity contribution in [3.05, 3.63) is 41.7 Å². The first kappa shape index (κ1) is 21.3. The molecule has 0 unspecified atom stereocenters. The van der Waals surface area contributed by atoms with Crippen LogP contribution in [0.5, 0.6) is 0 Å². The standard InChI is InChI=1S/C20H27N5O3S/c1-14(2)17(21-19(27)15-7-5-4-6-8-15)18-22-23-20(24(18)3)29-13-16(26)25-9-11-28-12-10-25/h4-8,14,17H,9-13H2,1-3H3,(H,21,27)/t17-/m0/s1. The van der Waals surface area contributed by atoms with Crippen molar-refractivity contribution in [1.82, 2.24) is 25.0 Å². The van der Waals surface area contributed by atoms with Gasteiger partial charge in [-0.15, -0.1) is 10.2 Å². The average Bonchev–Trinajstić information content (AvgIpc) is 3.11. The first-order valence-electron chi connectivity index (χ1n) is 9.71. The number of rotatable bonds is 7. The van der Waals surface area contributed by atoms with Crippen LogP contribution in [0.2, 0.25) is 0 Å². The highest BCUT2D eigenvalue weighted by Gasteiger charge is 2.26. The van der Waals surface area contributed by atoms with Crippen LogP contribution in [0.1, 0.15) is 36.1 Å². The van der Waals surface area contributed by atoms with Gasteiger partial charge in [-0.05, 0) is 18.1 Å². The summed E-state index contributed by atoms with van der Waals surface area (Å²) >= 11 is 1.36. The third-order valence-corrected chi connectivity index (χ3v) is 5.83. The first-order chi connectivity index (χ1) is 14.0. The van der Waals surface area contributed by atoms with Crippen molar-refractivity contribution in [2.75, 3.05) is 32.1 Å². The van der Waals surface area contributed by atoms with E-state index in [2.05, 4.69) is 15.5 Å². The molecule has 1 atom stereocenters. The smallest absolute Gasteiger partial charge is 0.251 e. The number of nitrogens with one attached hydrogen (secondary N) is 1. The molecule has 1 N–H and O–H groups in total. The van der Waals surface area contributed by atoms with E-state index < -0.39 is 0 Å². The van der Waals surface area contributed by atoms with Gasteiger partial charge in [0.05, 0.1) is 25.0 Å². The van der Waals surface area contributed by atoms with Gasteiger partial charge in [0.25, 0.3) is 5.91 Å². The van der Waals surface area contributed by atoms with Crippen LogP contribution in [0.4, 0.5) is 0 Å². The van der Waals surface area contributed by atoms with Crippen LogP contribution in [0, 0.1) is 5.92 Å². The summed E-state index contributed by atoms with van der Waals surface area (Å²) in [5.74, 6) is 1.02. The van der Waals surface area contributed by atoms with E-state index in [4.69, 9.17) is 4.74 Å². The Bertz CT molecular complexity index is 834. The van der Waals surface area contributed by atoms with Crippen molar-refractivity contribution in [2.45, 2.75) is 25.0 Å². The van der Waals surface area contributed by atoms with Crippen LogP contribution in [-0.4, -0.2) is 63.5 Å². The summed E-state index contributed by atoms with van der Waals surface area (Å²) in [4.78, 5) is 26.8. The molecule has 0 radical (unpaired) electrons. The lowest BCUT2D eigenvalue weighted by molar-refractivity contribution is -0.132. The number of amides is 2. The van der Waals surface area contributed by atoms with Gasteiger partial charge in [0.1, 0.15) is 0 Å². The Balaban J connectivity index is 1.66. The van der Waals surface area contributed by atoms with Crippen molar-refractivity contribution < 1.29 is 14.3 Å². The van der Waals surface area contributed by atoms with Gasteiger partial charge >= 0.3 is 0 Å². The Morgan fingerprint density at radius 1 is 1.17 bits per heavy atom. The molecule has 9 heteroatoms. The van der Waals surface area contributed by atoms with Crippen LogP contribution in [0.3, 0.4) is 0 Å². The molecule has 2 heterocycles. The van der Waals surface area contributed by atoms with E-state index in [1.165, 1.54) is 11.8 Å². The molecular formula is C20H27N5O3S. The molecular weight excluding hydrogens is 390 g/mol. The molecule has 0 bridgehead atoms. The highest BCUT2D eigenvalue weighted by molar-refractivity contribution is 7.99. The van der Waals surface area contributed by atoms with Crippen molar-refractivity contribution in [2.24, 2.45) is 13.0 Å². The highest BCUT2D eigenvalue weighted by Crippen LogP contribution is 2.24. The summed E-state index contributed by atoms with van der Waals surface area (Å²) in [6, 6.07) is 8.82. The Morgan fingerprint density at radius 3 is 2.52 bits per heavy atom. The van der Waals surface area contributed by atoms with Crippen molar-refractivity contribution in [3.8, 4) is 0 Å². The lowest BCUT2D eigenvalue weighted by Gasteiger charge is -2.26. The topological polar surface area (TPSA) is 89.3 Å². The zero-order valence-electron chi connectivity index (χ0n) is 17.0. The van der Waals surface area contributed by atoms with E-state index in [0.717, 1.165) is 0 Å². The largest absolute Gasteiger partial charge is 0.378 e. The molecule has 1 saturated heterocycles. The summed E-state index contributed by atoms with van der Waals surface area (Å²) < 4.78 is 7.14. The molecule has 1 aromatic heterocycles. The minimum absolute atomic E-state index is 0.0700. The number of ether oxygens (including phenoxy) is 1. The second-order valence-electron chi connectivity index (χ2n) is 7.24. The lowest BCUT2D eigenvalue weighted by atomic mass is 10.0. The van der Waals surface area contributed by atoms with Gasteiger partial charge in [-0.25, -0.2) is 0 Å². The molecule has 8 nitrogen and oxygen atoms in total. The molecule has 2 amide bonds. The van der Waals surface area contributed by atoms with E-state index in [-0.39, 0.29) is 23.8 Å². The molecule has 1 fully saturated rings. The van der Waals surface area contributed by atoms with Crippen molar-refractivity contribution in [3.63, 3.8) is 0 Å². The fourth-order valence-corrected chi connectivity index (χ4v) is 3.92. The Kier molecular flexibility index (Phi) is 7.27. The van der Waals surface area contributed by atoms with Gasteiger partial charge in [-0.1, -0.05) is 43.8 Å². The Morgan fingerprint density at radius 2 is 1.86 bits per heavy atom. The third kappa shape index (κ3) is 5.36. The number of carbonyl (C=O) groups is 2. The monoisotopic (exact) mass is 417 g/mol. The minimum atomic E-state index is -0.287. The number of benzene rings is 1. The summed E-state index contributed by atoms with van der Waals surface area (Å²) in [5.41, 5.74) is 0.603. The number of nitrogens with zero attached hydrogens (tertiary/aromatic N) is 4. The zero-order chi connectivity index (χ0) is 20.8. The number of hydrogen-bond donors (Lipinski definition) is 1. The number of morpholine rings is 1. The third-order valence-electron chi connectivity index (χ3n) is 4.82. The van der Waals surface area contributed by atoms with E-state index >= 15 is 0 Å². The minimum Gasteiger partial charge on any atom is -0.378 e. The molecule has 0 aliphatic carbocycles. The van der Waals surface area contributed by atoms with Gasteiger partial charge < -0.3 is 19.5 Å². The number of aromatic nitrogens is 3. The summed E-state index contributed by atoms with van der Waals surface area (Å²) in [6.45, 7) is 6.48. The fourth-order valence-electron chi connectivity index (χ4n) is 3.10. The number of carbonyl (C=O) groups excluding carboxylic acids is 2. The second kappa shape index (κ2) is 9.89. The molecule has 156 valence electrons. The SMILES string of the molecule is CC(C)[C@H](NC(=O)c1ccccc1)c1nnc(SCC(=O)N2CCOCC2)n1C. The lowest BCUT2D eigenvalue weighted by Crippen LogP contribution is -2.41. The van der Waals surface area contributed by atoms with Crippen molar-refractivity contribution in [1.29, 1.82) is 0 Å². The van der Waals surface area contributed by atoms with Crippen LogP contribution in [0.25, 0.3) is 0 Å². The second-order valence-corrected chi connectivity index (χ2v) is 8.19. The molecule has 0 saturated carbocycles. The van der Waals surface area contributed by atoms with Crippen molar-refractivity contribution >= 4 is 23.6 Å². The number of hydrogen-bond acceptors (Lipinski definition) is 6. The summed E-state index contributed by atoms with van der Waals surface area (Å²) in [6.07, 6.45) is 0. The van der Waals surface area contributed by atoms with Crippen LogP contribution in [-0.2, 0) is 16.6 Å². The Labute approximate surface area is 175 Å². The molecule has 1 aliphatic rings. The highest BCUT2D eigenvalue weighted by atomic mass is 32.2. The van der Waals surface area contributed by atoms with Gasteiger partial charge in [-0.2, -0.15) is 0 Å². The molecule has 0 spiro atoms. The molecule has 29 heavy (non-hydrogen) atoms. The van der Waals surface area contributed by atoms with Gasteiger partial charge in [0.15, 0.2) is 11.0 Å². The van der Waals surface area contributed by atoms with Crippen LogP contribution in [0.15, 0.2) is 35.5 Å². The van der Waals surface area contributed by atoms with Gasteiger partial charge in [0.2, 0.25) is 5.91 Å². The first-order valence-corrected chi connectivity index (χ1v) is 10.7. The van der Waals surface area contributed by atoms with Crippen LogP contribution >= 0.6 is 11.8 Å². The maximum Gasteiger partial charge on any atom is 0.251 e. The zero-order valence-corrected chi connectivity index (χ0v) is 17.8.